The lowest BCUT2D eigenvalue weighted by molar-refractivity contribution is -0.116. The van der Waals surface area contributed by atoms with E-state index in [1.165, 1.54) is 32.4 Å². The van der Waals surface area contributed by atoms with Gasteiger partial charge in [0.1, 0.15) is 17.3 Å². The monoisotopic (exact) mass is 512 g/mol. The van der Waals surface area contributed by atoms with E-state index in [4.69, 9.17) is 10.5 Å². The lowest BCUT2D eigenvalue weighted by Gasteiger charge is -2.26. The Morgan fingerprint density at radius 3 is 2.59 bits per heavy atom. The van der Waals surface area contributed by atoms with Crippen LogP contribution in [0.25, 0.3) is 27.3 Å². The molecule has 0 atom stereocenters. The van der Waals surface area contributed by atoms with Crippen LogP contribution in [0.3, 0.4) is 0 Å². The smallest absolute Gasteiger partial charge is 0.244 e. The molecule has 0 aliphatic carbocycles. The number of carbonyl (C=O) groups excluding carboxylic acids is 1. The lowest BCUT2D eigenvalue weighted by atomic mass is 10.0. The number of rotatable bonds is 9. The molecule has 37 heavy (non-hydrogen) atoms. The van der Waals surface area contributed by atoms with Crippen LogP contribution in [-0.2, 0) is 4.79 Å². The second-order valence-corrected chi connectivity index (χ2v) is 10.2. The van der Waals surface area contributed by atoms with Gasteiger partial charge in [-0.25, -0.2) is 4.98 Å². The zero-order valence-corrected chi connectivity index (χ0v) is 21.7. The molecule has 5 rings (SSSR count). The van der Waals surface area contributed by atoms with Gasteiger partial charge in [-0.05, 0) is 80.2 Å². The number of carbonyl (C=O) groups is 1. The molecule has 3 heterocycles. The largest absolute Gasteiger partial charge is 0.457 e. The third kappa shape index (κ3) is 6.37. The highest BCUT2D eigenvalue weighted by molar-refractivity contribution is 7.18. The fourth-order valence-electron chi connectivity index (χ4n) is 4.67. The first kappa shape index (κ1) is 25.0. The number of nitrogen functional groups attached to an aromatic ring is 1. The van der Waals surface area contributed by atoms with Crippen molar-refractivity contribution < 1.29 is 9.53 Å². The van der Waals surface area contributed by atoms with Crippen molar-refractivity contribution in [1.82, 2.24) is 15.2 Å². The molecule has 2 aromatic carbocycles. The molecular weight excluding hydrogens is 480 g/mol. The first-order valence-corrected chi connectivity index (χ1v) is 13.7. The van der Waals surface area contributed by atoms with Crippen LogP contribution in [0.2, 0.25) is 0 Å². The number of ether oxygens (including phenoxy) is 1. The summed E-state index contributed by atoms with van der Waals surface area (Å²) in [4.78, 5) is 19.3. The Morgan fingerprint density at radius 2 is 1.81 bits per heavy atom. The number of aromatic nitrogens is 1. The maximum atomic E-state index is 12.4. The third-order valence-electron chi connectivity index (χ3n) is 6.61. The number of thiophene rings is 1. The van der Waals surface area contributed by atoms with E-state index in [9.17, 15) is 4.79 Å². The summed E-state index contributed by atoms with van der Waals surface area (Å²) in [5.41, 5.74) is 9.24. The summed E-state index contributed by atoms with van der Waals surface area (Å²) >= 11 is 1.61. The quantitative estimate of drug-likeness (QED) is 0.202. The van der Waals surface area contributed by atoms with Crippen molar-refractivity contribution in [2.45, 2.75) is 25.7 Å². The predicted octanol–water partition coefficient (Wildman–Crippen LogP) is 6.34. The van der Waals surface area contributed by atoms with Gasteiger partial charge in [-0.3, -0.25) is 4.79 Å². The van der Waals surface area contributed by atoms with Crippen LogP contribution in [0.15, 0.2) is 72.3 Å². The highest BCUT2D eigenvalue weighted by Gasteiger charge is 2.14. The molecule has 3 N–H and O–H groups in total. The summed E-state index contributed by atoms with van der Waals surface area (Å²) in [5.74, 6) is 1.96. The molecule has 1 aliphatic heterocycles. The Balaban J connectivity index is 1.24. The number of likely N-dealkylation sites (tertiary alicyclic amines) is 1. The summed E-state index contributed by atoms with van der Waals surface area (Å²) < 4.78 is 6.93. The maximum absolute atomic E-state index is 12.4. The molecule has 6 nitrogen and oxygen atoms in total. The lowest BCUT2D eigenvalue weighted by Crippen LogP contribution is -2.33. The summed E-state index contributed by atoms with van der Waals surface area (Å²) in [5, 5.41) is 6.00. The molecule has 190 valence electrons. The van der Waals surface area contributed by atoms with Gasteiger partial charge >= 0.3 is 0 Å². The van der Waals surface area contributed by atoms with Gasteiger partial charge in [0.25, 0.3) is 0 Å². The van der Waals surface area contributed by atoms with Crippen molar-refractivity contribution in [2.75, 3.05) is 31.9 Å². The Morgan fingerprint density at radius 1 is 1.05 bits per heavy atom. The molecule has 2 aromatic heterocycles. The summed E-state index contributed by atoms with van der Waals surface area (Å²) in [6.07, 6.45) is 10.0. The Labute approximate surface area is 221 Å². The fraction of sp³-hybridized carbons (Fsp3) is 0.267. The number of nitrogens with zero attached hydrogens (tertiary/aromatic N) is 2. The first-order chi connectivity index (χ1) is 18.2. The average molecular weight is 513 g/mol. The maximum Gasteiger partial charge on any atom is 0.244 e. The third-order valence-corrected chi connectivity index (χ3v) is 7.64. The van der Waals surface area contributed by atoms with E-state index < -0.39 is 0 Å². The van der Waals surface area contributed by atoms with Gasteiger partial charge in [-0.2, -0.15) is 0 Å². The number of hydrogen-bond donors (Lipinski definition) is 2. The number of nitrogens with one attached hydrogen (secondary N) is 1. The number of piperidine rings is 1. The molecule has 1 amide bonds. The zero-order chi connectivity index (χ0) is 25.5. The number of fused-ring (bicyclic) bond motifs is 1. The molecule has 0 bridgehead atoms. The van der Waals surface area contributed by atoms with Crippen LogP contribution >= 0.6 is 11.3 Å². The van der Waals surface area contributed by atoms with Gasteiger partial charge in [0.05, 0.1) is 0 Å². The number of benzene rings is 2. The minimum atomic E-state index is -0.0885. The summed E-state index contributed by atoms with van der Waals surface area (Å²) in [6.45, 7) is 4.09. The Hall–Kier alpha value is -3.68. The Kier molecular flexibility index (Phi) is 8.13. The molecule has 1 saturated heterocycles. The second-order valence-electron chi connectivity index (χ2n) is 9.27. The highest BCUT2D eigenvalue weighted by Crippen LogP contribution is 2.39. The number of nitrogens with two attached hydrogens (primary N) is 1. The number of para-hydroxylation sites is 1. The predicted molar refractivity (Wildman–Crippen MR) is 153 cm³/mol. The molecule has 0 saturated carbocycles. The summed E-state index contributed by atoms with van der Waals surface area (Å²) in [7, 11) is 0. The molecule has 1 fully saturated rings. The van der Waals surface area contributed by atoms with Gasteiger partial charge in [-0.1, -0.05) is 36.8 Å². The van der Waals surface area contributed by atoms with Gasteiger partial charge < -0.3 is 20.7 Å². The van der Waals surface area contributed by atoms with Crippen molar-refractivity contribution in [3.63, 3.8) is 0 Å². The van der Waals surface area contributed by atoms with E-state index in [0.717, 1.165) is 51.2 Å². The second kappa shape index (κ2) is 12.0. The first-order valence-electron chi connectivity index (χ1n) is 12.8. The normalized spacial score (nSPS) is 14.3. The van der Waals surface area contributed by atoms with E-state index in [-0.39, 0.29) is 5.91 Å². The number of hydrogen-bond acceptors (Lipinski definition) is 6. The summed E-state index contributed by atoms with van der Waals surface area (Å²) in [6, 6.07) is 17.7. The molecular formula is C30H32N4O2S. The highest BCUT2D eigenvalue weighted by atomic mass is 32.1. The number of anilines is 1. The minimum absolute atomic E-state index is 0.0885. The van der Waals surface area contributed by atoms with Gasteiger partial charge in [-0.15, -0.1) is 11.3 Å². The minimum Gasteiger partial charge on any atom is -0.457 e. The van der Waals surface area contributed by atoms with Gasteiger partial charge in [0.2, 0.25) is 5.91 Å². The van der Waals surface area contributed by atoms with E-state index in [0.29, 0.717) is 12.4 Å². The molecule has 0 radical (unpaired) electrons. The molecule has 0 unspecified atom stereocenters. The van der Waals surface area contributed by atoms with Gasteiger partial charge in [0, 0.05) is 40.0 Å². The average Bonchev–Trinajstić information content (AvgIpc) is 3.39. The van der Waals surface area contributed by atoms with E-state index in [1.807, 2.05) is 60.7 Å². The molecule has 0 spiro atoms. The van der Waals surface area contributed by atoms with E-state index in [2.05, 4.69) is 20.6 Å². The van der Waals surface area contributed by atoms with Crippen LogP contribution < -0.4 is 15.8 Å². The van der Waals surface area contributed by atoms with Crippen LogP contribution in [0.5, 0.6) is 11.5 Å². The van der Waals surface area contributed by atoms with Crippen molar-refractivity contribution in [2.24, 2.45) is 0 Å². The van der Waals surface area contributed by atoms with Crippen LogP contribution in [-0.4, -0.2) is 42.0 Å². The van der Waals surface area contributed by atoms with Crippen LogP contribution in [0, 0.1) is 0 Å². The van der Waals surface area contributed by atoms with Gasteiger partial charge in [0.15, 0.2) is 0 Å². The molecule has 4 aromatic rings. The van der Waals surface area contributed by atoms with Crippen molar-refractivity contribution in [3.8, 4) is 22.6 Å². The standard InChI is InChI=1S/C30H32N4O2S/c31-30-28-26(22-10-13-25(14-11-22)36-24-8-3-1-4-9-24)21-37-29(28)23(20-33-30)12-15-27(35)32-16-7-19-34-17-5-2-6-18-34/h1,3-4,8-15,20-21H,2,5-7,16-19H2,(H2,31,33)(H,32,35)/b15-12+. The van der Waals surface area contributed by atoms with Crippen molar-refractivity contribution in [1.29, 1.82) is 0 Å². The number of amides is 1. The topological polar surface area (TPSA) is 80.5 Å². The molecule has 7 heteroatoms. The number of pyridine rings is 1. The van der Waals surface area contributed by atoms with E-state index >= 15 is 0 Å². The molecule has 1 aliphatic rings. The zero-order valence-electron chi connectivity index (χ0n) is 20.9. The van der Waals surface area contributed by atoms with Crippen LogP contribution in [0.4, 0.5) is 5.82 Å². The fourth-order valence-corrected chi connectivity index (χ4v) is 5.75. The van der Waals surface area contributed by atoms with Crippen LogP contribution in [0.1, 0.15) is 31.2 Å². The van der Waals surface area contributed by atoms with Crippen molar-refractivity contribution >= 4 is 39.2 Å². The Bertz CT molecular complexity index is 1360. The van der Waals surface area contributed by atoms with Crippen molar-refractivity contribution in [3.05, 3.63) is 77.8 Å². The SMILES string of the molecule is Nc1ncc(/C=C/C(=O)NCCCN2CCCCC2)c2scc(-c3ccc(Oc4ccccc4)cc3)c12. The van der Waals surface area contributed by atoms with E-state index in [1.54, 1.807) is 23.6 Å².